The maximum atomic E-state index is 12.9. The first-order valence-electron chi connectivity index (χ1n) is 9.55. The second kappa shape index (κ2) is 8.70. The van der Waals surface area contributed by atoms with E-state index in [0.29, 0.717) is 18.2 Å². The monoisotopic (exact) mass is 509 g/mol. The van der Waals surface area contributed by atoms with Crippen LogP contribution >= 0.6 is 38.6 Å². The largest absolute Gasteiger partial charge is 0.310 e. The van der Waals surface area contributed by atoms with E-state index in [4.69, 9.17) is 0 Å². The molecule has 1 aromatic carbocycles. The molecule has 4 aromatic heterocycles. The molecule has 0 radical (unpaired) electrons. The summed E-state index contributed by atoms with van der Waals surface area (Å²) in [5, 5.41) is 5.55. The van der Waals surface area contributed by atoms with E-state index in [1.165, 1.54) is 11.3 Å². The van der Waals surface area contributed by atoms with Crippen molar-refractivity contribution in [3.8, 4) is 9.88 Å². The van der Waals surface area contributed by atoms with Crippen LogP contribution in [0.25, 0.3) is 20.9 Å². The lowest BCUT2D eigenvalue weighted by molar-refractivity contribution is 0.102. The van der Waals surface area contributed by atoms with Gasteiger partial charge in [0.25, 0.3) is 5.91 Å². The van der Waals surface area contributed by atoms with Crippen molar-refractivity contribution in [1.29, 1.82) is 0 Å². The van der Waals surface area contributed by atoms with Crippen LogP contribution in [0.2, 0.25) is 0 Å². The smallest absolute Gasteiger partial charge is 0.277 e. The standard InChI is InChI=1S/C22H16BrN5OS2/c23-19-9-8-18(31-19)21-25-16(13-30-21)20(29)27-22-26-15-6-1-2-7-17(15)28(22)12-10-14-5-3-4-11-24-14/h1-9,11,13H,10,12H2,(H,26,27,29). The van der Waals surface area contributed by atoms with Gasteiger partial charge in [0.05, 0.1) is 19.7 Å². The molecule has 0 bridgehead atoms. The fourth-order valence-electron chi connectivity index (χ4n) is 3.26. The third kappa shape index (κ3) is 4.30. The summed E-state index contributed by atoms with van der Waals surface area (Å²) >= 11 is 6.51. The number of fused-ring (bicyclic) bond motifs is 1. The molecule has 0 fully saturated rings. The van der Waals surface area contributed by atoms with E-state index in [1.807, 2.05) is 59.2 Å². The topological polar surface area (TPSA) is 72.7 Å². The molecule has 0 aliphatic rings. The maximum absolute atomic E-state index is 12.9. The molecule has 31 heavy (non-hydrogen) atoms. The molecule has 9 heteroatoms. The molecule has 0 atom stereocenters. The number of hydrogen-bond donors (Lipinski definition) is 1. The highest BCUT2D eigenvalue weighted by molar-refractivity contribution is 9.11. The van der Waals surface area contributed by atoms with Crippen molar-refractivity contribution in [2.24, 2.45) is 0 Å². The maximum Gasteiger partial charge on any atom is 0.277 e. The number of aryl methyl sites for hydroxylation is 2. The quantitative estimate of drug-likeness (QED) is 0.310. The molecule has 5 aromatic rings. The first kappa shape index (κ1) is 20.0. The molecule has 0 unspecified atom stereocenters. The molecule has 0 saturated carbocycles. The van der Waals surface area contributed by atoms with E-state index in [-0.39, 0.29) is 5.91 Å². The Labute approximate surface area is 194 Å². The molecule has 154 valence electrons. The number of benzene rings is 1. The predicted octanol–water partition coefficient (Wildman–Crippen LogP) is 5.87. The van der Waals surface area contributed by atoms with Crippen molar-refractivity contribution in [2.75, 3.05) is 5.32 Å². The van der Waals surface area contributed by atoms with E-state index in [1.54, 1.807) is 22.9 Å². The molecule has 1 N–H and O–H groups in total. The van der Waals surface area contributed by atoms with Gasteiger partial charge in [0.2, 0.25) is 5.95 Å². The lowest BCUT2D eigenvalue weighted by atomic mass is 10.2. The van der Waals surface area contributed by atoms with Gasteiger partial charge in [-0.2, -0.15) is 0 Å². The molecule has 0 saturated heterocycles. The number of nitrogens with zero attached hydrogens (tertiary/aromatic N) is 4. The van der Waals surface area contributed by atoms with Gasteiger partial charge < -0.3 is 4.57 Å². The van der Waals surface area contributed by atoms with Crippen LogP contribution in [0.4, 0.5) is 5.95 Å². The van der Waals surface area contributed by atoms with Crippen molar-refractivity contribution in [2.45, 2.75) is 13.0 Å². The Morgan fingerprint density at radius 1 is 1.06 bits per heavy atom. The number of thiophene rings is 1. The van der Waals surface area contributed by atoms with Crippen molar-refractivity contribution < 1.29 is 4.79 Å². The summed E-state index contributed by atoms with van der Waals surface area (Å²) in [5.41, 5.74) is 3.18. The van der Waals surface area contributed by atoms with Gasteiger partial charge in [-0.15, -0.1) is 22.7 Å². The van der Waals surface area contributed by atoms with E-state index in [9.17, 15) is 4.79 Å². The van der Waals surface area contributed by atoms with Gasteiger partial charge in [-0.1, -0.05) is 18.2 Å². The lowest BCUT2D eigenvalue weighted by Crippen LogP contribution is -2.17. The summed E-state index contributed by atoms with van der Waals surface area (Å²) in [5.74, 6) is 0.239. The highest BCUT2D eigenvalue weighted by atomic mass is 79.9. The molecule has 6 nitrogen and oxygen atoms in total. The number of imidazole rings is 1. The molecular weight excluding hydrogens is 494 g/mol. The van der Waals surface area contributed by atoms with E-state index >= 15 is 0 Å². The van der Waals surface area contributed by atoms with E-state index in [0.717, 1.165) is 36.8 Å². The van der Waals surface area contributed by atoms with Crippen LogP contribution in [0.15, 0.2) is 70.0 Å². The summed E-state index contributed by atoms with van der Waals surface area (Å²) < 4.78 is 3.05. The number of amides is 1. The average molecular weight is 510 g/mol. The molecule has 0 aliphatic carbocycles. The van der Waals surface area contributed by atoms with Gasteiger partial charge in [0, 0.05) is 30.2 Å². The molecule has 4 heterocycles. The highest BCUT2D eigenvalue weighted by Crippen LogP contribution is 2.33. The van der Waals surface area contributed by atoms with Crippen molar-refractivity contribution >= 4 is 61.5 Å². The number of halogens is 1. The van der Waals surface area contributed by atoms with Crippen LogP contribution in [0.3, 0.4) is 0 Å². The first-order valence-corrected chi connectivity index (χ1v) is 12.0. The van der Waals surface area contributed by atoms with Crippen LogP contribution in [0.5, 0.6) is 0 Å². The minimum absolute atomic E-state index is 0.271. The van der Waals surface area contributed by atoms with Crippen molar-refractivity contribution in [3.05, 3.63) is 81.3 Å². The van der Waals surface area contributed by atoms with Gasteiger partial charge in [0.15, 0.2) is 0 Å². The number of aromatic nitrogens is 4. The van der Waals surface area contributed by atoms with Crippen molar-refractivity contribution in [3.63, 3.8) is 0 Å². The number of hydrogen-bond acceptors (Lipinski definition) is 6. The number of carbonyl (C=O) groups excluding carboxylic acids is 1. The zero-order chi connectivity index (χ0) is 21.2. The van der Waals surface area contributed by atoms with Crippen LogP contribution in [-0.4, -0.2) is 25.4 Å². The molecular formula is C22H16BrN5OS2. The minimum atomic E-state index is -0.271. The van der Waals surface area contributed by atoms with Gasteiger partial charge in [-0.25, -0.2) is 9.97 Å². The van der Waals surface area contributed by atoms with Crippen LogP contribution < -0.4 is 5.32 Å². The predicted molar refractivity (Wildman–Crippen MR) is 129 cm³/mol. The molecule has 0 aliphatic heterocycles. The highest BCUT2D eigenvalue weighted by Gasteiger charge is 2.17. The first-order chi connectivity index (χ1) is 15.2. The molecule has 5 rings (SSSR count). The third-order valence-corrected chi connectivity index (χ3v) is 7.35. The summed E-state index contributed by atoms with van der Waals surface area (Å²) in [6.45, 7) is 0.651. The second-order valence-electron chi connectivity index (χ2n) is 6.74. The van der Waals surface area contributed by atoms with Gasteiger partial charge in [-0.05, 0) is 52.3 Å². The Morgan fingerprint density at radius 3 is 2.74 bits per heavy atom. The van der Waals surface area contributed by atoms with Gasteiger partial charge in [-0.3, -0.25) is 15.1 Å². The van der Waals surface area contributed by atoms with E-state index < -0.39 is 0 Å². The second-order valence-corrected chi connectivity index (χ2v) is 10.1. The summed E-state index contributed by atoms with van der Waals surface area (Å²) in [6.07, 6.45) is 2.52. The Morgan fingerprint density at radius 2 is 1.94 bits per heavy atom. The molecule has 0 spiro atoms. The average Bonchev–Trinajstić information content (AvgIpc) is 3.51. The fourth-order valence-corrected chi connectivity index (χ4v) is 5.51. The lowest BCUT2D eigenvalue weighted by Gasteiger charge is -2.09. The Bertz CT molecular complexity index is 1360. The number of pyridine rings is 1. The number of thiazole rings is 1. The van der Waals surface area contributed by atoms with Gasteiger partial charge in [0.1, 0.15) is 10.7 Å². The summed E-state index contributed by atoms with van der Waals surface area (Å²) in [6, 6.07) is 17.7. The third-order valence-electron chi connectivity index (χ3n) is 4.72. The van der Waals surface area contributed by atoms with Gasteiger partial charge >= 0.3 is 0 Å². The number of nitrogens with one attached hydrogen (secondary N) is 1. The fraction of sp³-hybridized carbons (Fsp3) is 0.0909. The zero-order valence-electron chi connectivity index (χ0n) is 16.2. The zero-order valence-corrected chi connectivity index (χ0v) is 19.4. The van der Waals surface area contributed by atoms with Crippen LogP contribution in [0.1, 0.15) is 16.2 Å². The van der Waals surface area contributed by atoms with Crippen molar-refractivity contribution in [1.82, 2.24) is 19.5 Å². The number of rotatable bonds is 6. The molecule has 1 amide bonds. The normalized spacial score (nSPS) is 11.1. The Kier molecular flexibility index (Phi) is 5.63. The summed E-state index contributed by atoms with van der Waals surface area (Å²) in [4.78, 5) is 27.5. The number of carbonyl (C=O) groups is 1. The number of anilines is 1. The van der Waals surface area contributed by atoms with Crippen LogP contribution in [0, 0.1) is 0 Å². The van der Waals surface area contributed by atoms with E-state index in [2.05, 4.69) is 36.2 Å². The number of para-hydroxylation sites is 2. The SMILES string of the molecule is O=C(Nc1nc2ccccc2n1CCc1ccccn1)c1csc(-c2ccc(Br)s2)n1. The van der Waals surface area contributed by atoms with Crippen LogP contribution in [-0.2, 0) is 13.0 Å². The minimum Gasteiger partial charge on any atom is -0.310 e. The Hall–Kier alpha value is -2.88. The summed E-state index contributed by atoms with van der Waals surface area (Å²) in [7, 11) is 0. The Balaban J connectivity index is 1.40.